The van der Waals surface area contributed by atoms with E-state index in [1.807, 2.05) is 6.92 Å². The number of aliphatic hydroxyl groups is 1. The molecule has 0 heterocycles. The van der Waals surface area contributed by atoms with Gasteiger partial charge >= 0.3 is 0 Å². The summed E-state index contributed by atoms with van der Waals surface area (Å²) in [6.07, 6.45) is 9.68. The SMILES string of the molecule is CC12CCC(CC(C3CC3(C)O)CC1)C2. The molecule has 1 nitrogen and oxygen atoms in total. The van der Waals surface area contributed by atoms with Gasteiger partial charge < -0.3 is 5.11 Å². The van der Waals surface area contributed by atoms with Crippen molar-refractivity contribution < 1.29 is 5.11 Å². The summed E-state index contributed by atoms with van der Waals surface area (Å²) in [4.78, 5) is 0. The topological polar surface area (TPSA) is 20.2 Å². The molecule has 0 saturated heterocycles. The quantitative estimate of drug-likeness (QED) is 0.700. The van der Waals surface area contributed by atoms with Gasteiger partial charge in [-0.2, -0.15) is 0 Å². The van der Waals surface area contributed by atoms with E-state index in [1.165, 1.54) is 38.5 Å². The third-order valence-corrected chi connectivity index (χ3v) is 5.53. The van der Waals surface area contributed by atoms with Crippen molar-refractivity contribution in [2.45, 2.75) is 64.4 Å². The van der Waals surface area contributed by atoms with Crippen LogP contribution in [0.5, 0.6) is 0 Å². The van der Waals surface area contributed by atoms with Gasteiger partial charge in [-0.3, -0.25) is 0 Å². The molecule has 5 unspecified atom stereocenters. The van der Waals surface area contributed by atoms with Crippen LogP contribution in [0.3, 0.4) is 0 Å². The zero-order valence-corrected chi connectivity index (χ0v) is 10.1. The fourth-order valence-electron chi connectivity index (χ4n) is 4.39. The normalized spacial score (nSPS) is 59.0. The molecule has 3 saturated carbocycles. The predicted molar refractivity (Wildman–Crippen MR) is 61.5 cm³/mol. The fraction of sp³-hybridized carbons (Fsp3) is 1.00. The molecule has 2 bridgehead atoms. The standard InChI is InChI=1S/C14H24O/c1-13-5-3-10(8-13)7-11(4-6-13)12-9-14(12,2)15/h10-12,15H,3-9H2,1-2H3. The molecule has 0 aromatic carbocycles. The van der Waals surface area contributed by atoms with E-state index in [0.29, 0.717) is 11.3 Å². The van der Waals surface area contributed by atoms with Gasteiger partial charge in [-0.05, 0) is 75.0 Å². The van der Waals surface area contributed by atoms with E-state index in [2.05, 4.69) is 6.92 Å². The highest BCUT2D eigenvalue weighted by Gasteiger charge is 2.54. The molecule has 0 amide bonds. The zero-order valence-electron chi connectivity index (χ0n) is 10.1. The summed E-state index contributed by atoms with van der Waals surface area (Å²) in [6.45, 7) is 4.52. The largest absolute Gasteiger partial charge is 0.390 e. The number of fused-ring (bicyclic) bond motifs is 2. The maximum absolute atomic E-state index is 9.97. The van der Waals surface area contributed by atoms with E-state index in [1.54, 1.807) is 0 Å². The number of rotatable bonds is 1. The Morgan fingerprint density at radius 1 is 1.07 bits per heavy atom. The first-order valence-electron chi connectivity index (χ1n) is 6.71. The molecule has 0 aliphatic heterocycles. The Hall–Kier alpha value is -0.0400. The molecular formula is C14H24O. The summed E-state index contributed by atoms with van der Waals surface area (Å²) in [5.41, 5.74) is 0.370. The van der Waals surface area contributed by atoms with Crippen LogP contribution in [0.1, 0.15) is 58.8 Å². The van der Waals surface area contributed by atoms with Gasteiger partial charge in [-0.1, -0.05) is 6.92 Å². The minimum atomic E-state index is -0.296. The number of hydrogen-bond donors (Lipinski definition) is 1. The van der Waals surface area contributed by atoms with Crippen LogP contribution in [0.15, 0.2) is 0 Å². The van der Waals surface area contributed by atoms with Crippen molar-refractivity contribution in [2.24, 2.45) is 23.2 Å². The summed E-state index contributed by atoms with van der Waals surface area (Å²) in [5.74, 6) is 2.46. The van der Waals surface area contributed by atoms with E-state index in [4.69, 9.17) is 0 Å². The van der Waals surface area contributed by atoms with Gasteiger partial charge in [-0.25, -0.2) is 0 Å². The van der Waals surface area contributed by atoms with Gasteiger partial charge in [0, 0.05) is 0 Å². The van der Waals surface area contributed by atoms with Crippen LogP contribution in [-0.4, -0.2) is 10.7 Å². The summed E-state index contributed by atoms with van der Waals surface area (Å²) >= 11 is 0. The molecule has 3 aliphatic rings. The Balaban J connectivity index is 1.69. The molecule has 3 aliphatic carbocycles. The highest BCUT2D eigenvalue weighted by molar-refractivity contribution is 5.05. The van der Waals surface area contributed by atoms with Crippen molar-refractivity contribution in [1.29, 1.82) is 0 Å². The van der Waals surface area contributed by atoms with Crippen LogP contribution in [0.4, 0.5) is 0 Å². The van der Waals surface area contributed by atoms with Crippen molar-refractivity contribution in [1.82, 2.24) is 0 Å². The maximum atomic E-state index is 9.97. The first-order valence-corrected chi connectivity index (χ1v) is 6.71. The monoisotopic (exact) mass is 208 g/mol. The van der Waals surface area contributed by atoms with Crippen LogP contribution >= 0.6 is 0 Å². The summed E-state index contributed by atoms with van der Waals surface area (Å²) < 4.78 is 0. The van der Waals surface area contributed by atoms with Crippen LogP contribution < -0.4 is 0 Å². The summed E-state index contributed by atoms with van der Waals surface area (Å²) in [5, 5.41) is 9.97. The Labute approximate surface area is 93.3 Å². The lowest BCUT2D eigenvalue weighted by molar-refractivity contribution is 0.127. The molecule has 3 fully saturated rings. The van der Waals surface area contributed by atoms with E-state index in [0.717, 1.165) is 18.3 Å². The fourth-order valence-corrected chi connectivity index (χ4v) is 4.39. The van der Waals surface area contributed by atoms with Crippen LogP contribution in [0, 0.1) is 23.2 Å². The predicted octanol–water partition coefficient (Wildman–Crippen LogP) is 3.36. The van der Waals surface area contributed by atoms with Gasteiger partial charge in [0.2, 0.25) is 0 Å². The smallest absolute Gasteiger partial charge is 0.0655 e. The Morgan fingerprint density at radius 3 is 2.40 bits per heavy atom. The highest BCUT2D eigenvalue weighted by Crippen LogP contribution is 2.57. The van der Waals surface area contributed by atoms with Crippen molar-refractivity contribution >= 4 is 0 Å². The minimum Gasteiger partial charge on any atom is -0.390 e. The Kier molecular flexibility index (Phi) is 2.03. The molecule has 0 radical (unpaired) electrons. The zero-order chi connectivity index (χ0) is 10.7. The molecular weight excluding hydrogens is 184 g/mol. The van der Waals surface area contributed by atoms with Gasteiger partial charge in [-0.15, -0.1) is 0 Å². The second-order valence-electron chi connectivity index (χ2n) is 7.12. The first-order chi connectivity index (χ1) is 6.99. The molecule has 15 heavy (non-hydrogen) atoms. The van der Waals surface area contributed by atoms with Crippen molar-refractivity contribution in [3.8, 4) is 0 Å². The van der Waals surface area contributed by atoms with Crippen molar-refractivity contribution in [3.63, 3.8) is 0 Å². The third-order valence-electron chi connectivity index (χ3n) is 5.53. The van der Waals surface area contributed by atoms with Crippen LogP contribution in [0.2, 0.25) is 0 Å². The van der Waals surface area contributed by atoms with Crippen molar-refractivity contribution in [3.05, 3.63) is 0 Å². The lowest BCUT2D eigenvalue weighted by Crippen LogP contribution is -2.16. The van der Waals surface area contributed by atoms with E-state index < -0.39 is 0 Å². The average Bonchev–Trinajstić information content (AvgIpc) is 2.65. The van der Waals surface area contributed by atoms with E-state index in [9.17, 15) is 5.11 Å². The molecule has 1 heteroatoms. The minimum absolute atomic E-state index is 0.296. The maximum Gasteiger partial charge on any atom is 0.0655 e. The molecule has 0 spiro atoms. The lowest BCUT2D eigenvalue weighted by Gasteiger charge is -2.24. The lowest BCUT2D eigenvalue weighted by atomic mass is 9.81. The summed E-state index contributed by atoms with van der Waals surface area (Å²) in [7, 11) is 0. The average molecular weight is 208 g/mol. The highest BCUT2D eigenvalue weighted by atomic mass is 16.3. The van der Waals surface area contributed by atoms with Gasteiger partial charge in [0.25, 0.3) is 0 Å². The van der Waals surface area contributed by atoms with Gasteiger partial charge in [0.05, 0.1) is 5.60 Å². The van der Waals surface area contributed by atoms with E-state index in [-0.39, 0.29) is 5.60 Å². The molecule has 86 valence electrons. The van der Waals surface area contributed by atoms with Gasteiger partial charge in [0.1, 0.15) is 0 Å². The van der Waals surface area contributed by atoms with Gasteiger partial charge in [0.15, 0.2) is 0 Å². The third kappa shape index (κ3) is 1.73. The molecule has 0 aromatic heterocycles. The Morgan fingerprint density at radius 2 is 1.73 bits per heavy atom. The summed E-state index contributed by atoms with van der Waals surface area (Å²) in [6, 6.07) is 0. The van der Waals surface area contributed by atoms with Crippen LogP contribution in [-0.2, 0) is 0 Å². The molecule has 0 aromatic rings. The molecule has 3 rings (SSSR count). The Bertz CT molecular complexity index is 271. The van der Waals surface area contributed by atoms with Crippen molar-refractivity contribution in [2.75, 3.05) is 0 Å². The number of hydrogen-bond acceptors (Lipinski definition) is 1. The van der Waals surface area contributed by atoms with Crippen LogP contribution in [0.25, 0.3) is 0 Å². The second kappa shape index (κ2) is 3.00. The first kappa shape index (κ1) is 10.1. The van der Waals surface area contributed by atoms with E-state index >= 15 is 0 Å². The molecule has 1 N–H and O–H groups in total. The molecule has 5 atom stereocenters. The second-order valence-corrected chi connectivity index (χ2v) is 7.12.